The van der Waals surface area contributed by atoms with Gasteiger partial charge in [0.1, 0.15) is 11.4 Å². The zero-order chi connectivity index (χ0) is 41.8. The zero-order valence-electron chi connectivity index (χ0n) is 36.2. The molecule has 1 aromatic carbocycles. The molecule has 3 unspecified atom stereocenters. The molecule has 0 spiro atoms. The first-order valence-corrected chi connectivity index (χ1v) is 24.1. The summed E-state index contributed by atoms with van der Waals surface area (Å²) in [7, 11) is 0. The average Bonchev–Trinajstić information content (AvgIpc) is 3.22. The molecule has 0 aliphatic rings. The smallest absolute Gasteiger partial charge is 0.306 e. The van der Waals surface area contributed by atoms with Gasteiger partial charge in [0, 0.05) is 19.3 Å². The van der Waals surface area contributed by atoms with Gasteiger partial charge in [0.05, 0.1) is 10.3 Å². The highest BCUT2D eigenvalue weighted by Gasteiger charge is 2.34. The Balaban J connectivity index is 2.55. The van der Waals surface area contributed by atoms with E-state index in [9.17, 15) is 24.8 Å². The fourth-order valence-electron chi connectivity index (χ4n) is 6.92. The number of aliphatic hydroxyl groups excluding tert-OH is 1. The molecule has 1 rings (SSSR count). The van der Waals surface area contributed by atoms with Crippen LogP contribution in [0.1, 0.15) is 219 Å². The lowest BCUT2D eigenvalue weighted by molar-refractivity contribution is -0.169. The van der Waals surface area contributed by atoms with E-state index in [4.69, 9.17) is 21.7 Å². The molecule has 324 valence electrons. The van der Waals surface area contributed by atoms with E-state index in [0.29, 0.717) is 17.0 Å². The van der Waals surface area contributed by atoms with Crippen LogP contribution in [0.2, 0.25) is 0 Å². The van der Waals surface area contributed by atoms with Crippen molar-refractivity contribution < 1.29 is 29.0 Å². The molecule has 0 aliphatic carbocycles. The molecule has 0 aromatic heterocycles. The third kappa shape index (κ3) is 28.7. The largest absolute Gasteiger partial charge is 0.462 e. The fraction of sp³-hybridized carbons (Fsp3) is 0.771. The molecule has 0 amide bonds. The predicted molar refractivity (Wildman–Crippen MR) is 241 cm³/mol. The number of Topliss-reactive ketones (excluding diaryl/α,β-unsaturated/α-hetero) is 1. The van der Waals surface area contributed by atoms with Gasteiger partial charge in [-0.15, -0.1) is 0 Å². The van der Waals surface area contributed by atoms with E-state index < -0.39 is 41.3 Å². The number of nitrogens with zero attached hydrogens (tertiary/aromatic N) is 1. The lowest BCUT2D eigenvalue weighted by Gasteiger charge is -2.24. The molecule has 1 N–H and O–H groups in total. The number of ether oxygens (including phenoxy) is 2. The van der Waals surface area contributed by atoms with Gasteiger partial charge < -0.3 is 14.6 Å². The number of esters is 2. The molecule has 0 heterocycles. The molecule has 9 heteroatoms. The van der Waals surface area contributed by atoms with Crippen LogP contribution in [-0.4, -0.2) is 50.6 Å². The highest BCUT2D eigenvalue weighted by atomic mass is 32.2. The van der Waals surface area contributed by atoms with Gasteiger partial charge >= 0.3 is 11.9 Å². The van der Waals surface area contributed by atoms with E-state index in [1.54, 1.807) is 6.92 Å². The average molecular weight is 830 g/mol. The molecule has 0 aliphatic heterocycles. The Morgan fingerprint density at radius 1 is 0.667 bits per heavy atom. The van der Waals surface area contributed by atoms with E-state index in [1.807, 2.05) is 30.3 Å². The van der Waals surface area contributed by atoms with Crippen LogP contribution in [0, 0.1) is 11.3 Å². The number of nitriles is 1. The van der Waals surface area contributed by atoms with E-state index in [1.165, 1.54) is 127 Å². The van der Waals surface area contributed by atoms with Crippen LogP contribution in [0.5, 0.6) is 0 Å². The number of rotatable bonds is 38. The summed E-state index contributed by atoms with van der Waals surface area (Å²) in [6.07, 6.45) is 28.6. The number of ketones is 1. The number of benzene rings is 1. The van der Waals surface area contributed by atoms with Crippen LogP contribution in [0.25, 0.3) is 0 Å². The van der Waals surface area contributed by atoms with Gasteiger partial charge in [0.2, 0.25) is 0 Å². The minimum absolute atomic E-state index is 0.130. The Morgan fingerprint density at radius 2 is 1.07 bits per heavy atom. The molecule has 1 aromatic rings. The number of thioether (sulfide) groups is 1. The van der Waals surface area contributed by atoms with Gasteiger partial charge in [-0.25, -0.2) is 0 Å². The molecular formula is C48H79NO6S2. The summed E-state index contributed by atoms with van der Waals surface area (Å²) in [5, 5.41) is 21.1. The van der Waals surface area contributed by atoms with Crippen molar-refractivity contribution in [3.8, 4) is 6.07 Å². The summed E-state index contributed by atoms with van der Waals surface area (Å²) >= 11 is 6.77. The minimum Gasteiger partial charge on any atom is -0.462 e. The Labute approximate surface area is 357 Å². The van der Waals surface area contributed by atoms with Crippen molar-refractivity contribution >= 4 is 45.9 Å². The number of carbonyl (C=O) groups is 3. The van der Waals surface area contributed by atoms with Crippen LogP contribution in [0.4, 0.5) is 0 Å². The SMILES string of the molecule is CCCCCCCCCCCCCCCC(=O)OCC(OC(=O)CCCCCCCCCCCCCCC)C(O)C(=O)CCC(C)(C#N)SC(=S)c1ccccc1. The standard InChI is InChI=1S/C48H79NO6S2/c1-4-6-8-10-12-14-16-18-20-22-24-26-31-35-44(51)54-39-43(55-45(52)36-32-27-25-23-21-19-17-15-13-11-9-7-5-2)46(53)42(50)37-38-48(3,40-49)57-47(56)41-33-29-28-30-34-41/h28-30,33-34,43,46,53H,4-27,31-32,35-39H2,1-3H3. The Bertz CT molecular complexity index is 1240. The van der Waals surface area contributed by atoms with Gasteiger partial charge in [-0.05, 0) is 31.7 Å². The molecule has 0 fully saturated rings. The van der Waals surface area contributed by atoms with Crippen LogP contribution in [-0.2, 0) is 23.9 Å². The van der Waals surface area contributed by atoms with Crippen LogP contribution in [0.15, 0.2) is 30.3 Å². The molecule has 0 saturated carbocycles. The first-order valence-electron chi connectivity index (χ1n) is 22.9. The van der Waals surface area contributed by atoms with E-state index in [2.05, 4.69) is 19.9 Å². The number of unbranched alkanes of at least 4 members (excludes halogenated alkanes) is 24. The van der Waals surface area contributed by atoms with Crippen molar-refractivity contribution in [2.24, 2.45) is 0 Å². The Hall–Kier alpha value is -2.28. The topological polar surface area (TPSA) is 114 Å². The van der Waals surface area contributed by atoms with Crippen molar-refractivity contribution in [1.29, 1.82) is 5.26 Å². The predicted octanol–water partition coefficient (Wildman–Crippen LogP) is 13.5. The maximum Gasteiger partial charge on any atom is 0.306 e. The van der Waals surface area contributed by atoms with Crippen molar-refractivity contribution in [3.63, 3.8) is 0 Å². The molecule has 0 radical (unpaired) electrons. The second-order valence-electron chi connectivity index (χ2n) is 16.2. The first-order chi connectivity index (χ1) is 27.7. The van der Waals surface area contributed by atoms with Crippen LogP contribution in [0.3, 0.4) is 0 Å². The van der Waals surface area contributed by atoms with E-state index in [-0.39, 0.29) is 25.7 Å². The van der Waals surface area contributed by atoms with Crippen molar-refractivity contribution in [3.05, 3.63) is 35.9 Å². The molecule has 57 heavy (non-hydrogen) atoms. The van der Waals surface area contributed by atoms with Gasteiger partial charge in [-0.1, -0.05) is 222 Å². The summed E-state index contributed by atoms with van der Waals surface area (Å²) < 4.78 is 10.6. The Kier molecular flexibility index (Phi) is 33.0. The normalized spacial score (nSPS) is 13.3. The maximum absolute atomic E-state index is 13.3. The second-order valence-corrected chi connectivity index (χ2v) is 18.4. The van der Waals surface area contributed by atoms with Crippen molar-refractivity contribution in [1.82, 2.24) is 0 Å². The van der Waals surface area contributed by atoms with Gasteiger partial charge in [-0.3, -0.25) is 14.4 Å². The van der Waals surface area contributed by atoms with Gasteiger partial charge in [-0.2, -0.15) is 5.26 Å². The highest BCUT2D eigenvalue weighted by Crippen LogP contribution is 2.33. The maximum atomic E-state index is 13.3. The zero-order valence-corrected chi connectivity index (χ0v) is 37.8. The Morgan fingerprint density at radius 3 is 1.49 bits per heavy atom. The third-order valence-corrected chi connectivity index (χ3v) is 12.4. The van der Waals surface area contributed by atoms with E-state index in [0.717, 1.165) is 44.1 Å². The van der Waals surface area contributed by atoms with Crippen molar-refractivity contribution in [2.45, 2.75) is 230 Å². The highest BCUT2D eigenvalue weighted by molar-refractivity contribution is 8.24. The lowest BCUT2D eigenvalue weighted by atomic mass is 9.99. The number of hydrogen-bond donors (Lipinski definition) is 1. The summed E-state index contributed by atoms with van der Waals surface area (Å²) in [5.41, 5.74) is 0.821. The molecule has 3 atom stereocenters. The van der Waals surface area contributed by atoms with Gasteiger partial charge in [0.15, 0.2) is 18.0 Å². The number of thiocarbonyl (C=S) groups is 1. The quantitative estimate of drug-likeness (QED) is 0.0395. The number of aliphatic hydroxyl groups is 1. The molecule has 0 saturated heterocycles. The van der Waals surface area contributed by atoms with Crippen molar-refractivity contribution in [2.75, 3.05) is 6.61 Å². The summed E-state index contributed by atoms with van der Waals surface area (Å²) in [5.74, 6) is -1.53. The third-order valence-electron chi connectivity index (χ3n) is 10.8. The lowest BCUT2D eigenvalue weighted by Crippen LogP contribution is -2.41. The minimum atomic E-state index is -1.68. The summed E-state index contributed by atoms with van der Waals surface area (Å²) in [6, 6.07) is 11.7. The van der Waals surface area contributed by atoms with Crippen LogP contribution < -0.4 is 0 Å². The first kappa shape index (κ1) is 52.7. The number of hydrogen-bond acceptors (Lipinski definition) is 9. The van der Waals surface area contributed by atoms with Gasteiger partial charge in [0.25, 0.3) is 0 Å². The molecule has 7 nitrogen and oxygen atoms in total. The number of carbonyl (C=O) groups excluding carboxylic acids is 3. The second kappa shape index (κ2) is 35.6. The summed E-state index contributed by atoms with van der Waals surface area (Å²) in [6.45, 7) is 5.82. The monoisotopic (exact) mass is 830 g/mol. The molecule has 0 bridgehead atoms. The molecular weight excluding hydrogens is 751 g/mol. The fourth-order valence-corrected chi connectivity index (χ4v) is 8.52. The summed E-state index contributed by atoms with van der Waals surface area (Å²) in [4.78, 5) is 38.9. The van der Waals surface area contributed by atoms with Crippen LogP contribution >= 0.6 is 24.0 Å². The van der Waals surface area contributed by atoms with E-state index >= 15 is 0 Å².